The summed E-state index contributed by atoms with van der Waals surface area (Å²) in [6.07, 6.45) is 1.71. The molecule has 3 heterocycles. The van der Waals surface area contributed by atoms with Gasteiger partial charge in [-0.2, -0.15) is 0 Å². The summed E-state index contributed by atoms with van der Waals surface area (Å²) in [6, 6.07) is 17.8. The Balaban J connectivity index is 1.55. The maximum absolute atomic E-state index is 5.86. The molecule has 0 spiro atoms. The highest BCUT2D eigenvalue weighted by Gasteiger charge is 2.18. The maximum atomic E-state index is 5.86. The summed E-state index contributed by atoms with van der Waals surface area (Å²) in [5.41, 5.74) is 3.11. The van der Waals surface area contributed by atoms with E-state index in [1.54, 1.807) is 29.3 Å². The third-order valence-corrected chi connectivity index (χ3v) is 5.73. The quantitative estimate of drug-likeness (QED) is 0.418. The van der Waals surface area contributed by atoms with E-state index in [0.29, 0.717) is 11.6 Å². The monoisotopic (exact) mass is 402 g/mol. The first-order valence-electron chi connectivity index (χ1n) is 9.18. The van der Waals surface area contributed by atoms with Crippen molar-refractivity contribution < 1.29 is 9.47 Å². The van der Waals surface area contributed by atoms with Crippen molar-refractivity contribution in [2.75, 3.05) is 7.11 Å². The van der Waals surface area contributed by atoms with E-state index in [2.05, 4.69) is 29.1 Å². The van der Waals surface area contributed by atoms with Crippen LogP contribution in [0, 0.1) is 6.92 Å². The first kappa shape index (κ1) is 17.6. The molecule has 0 aliphatic rings. The lowest BCUT2D eigenvalue weighted by Crippen LogP contribution is -1.98. The molecule has 0 aliphatic carbocycles. The van der Waals surface area contributed by atoms with Crippen LogP contribution in [-0.2, 0) is 6.61 Å². The number of rotatable bonds is 5. The predicted molar refractivity (Wildman–Crippen MR) is 114 cm³/mol. The first-order chi connectivity index (χ1) is 14.2. The zero-order chi connectivity index (χ0) is 19.8. The van der Waals surface area contributed by atoms with Gasteiger partial charge in [-0.25, -0.2) is 14.5 Å². The number of hydrogen-bond donors (Lipinski definition) is 0. The van der Waals surface area contributed by atoms with Gasteiger partial charge in [0.2, 0.25) is 0 Å². The lowest BCUT2D eigenvalue weighted by atomic mass is 10.0. The van der Waals surface area contributed by atoms with Crippen molar-refractivity contribution in [3.8, 4) is 22.6 Å². The van der Waals surface area contributed by atoms with Crippen molar-refractivity contribution in [1.29, 1.82) is 0 Å². The summed E-state index contributed by atoms with van der Waals surface area (Å²) in [4.78, 5) is 11.5. The number of thiophene rings is 1. The van der Waals surface area contributed by atoms with E-state index in [0.717, 1.165) is 32.7 Å². The van der Waals surface area contributed by atoms with E-state index in [1.807, 2.05) is 42.5 Å². The van der Waals surface area contributed by atoms with Crippen LogP contribution in [0.15, 0.2) is 60.9 Å². The third kappa shape index (κ3) is 3.19. The highest BCUT2D eigenvalue weighted by atomic mass is 32.1. The van der Waals surface area contributed by atoms with Crippen LogP contribution in [0.5, 0.6) is 11.5 Å². The second-order valence-electron chi connectivity index (χ2n) is 6.59. The van der Waals surface area contributed by atoms with Crippen molar-refractivity contribution in [2.45, 2.75) is 13.5 Å². The molecule has 0 N–H and O–H groups in total. The molecule has 5 rings (SSSR count). The van der Waals surface area contributed by atoms with Crippen LogP contribution >= 0.6 is 11.3 Å². The molecule has 144 valence electrons. The molecule has 6 nitrogen and oxygen atoms in total. The van der Waals surface area contributed by atoms with E-state index in [1.165, 1.54) is 4.88 Å². The van der Waals surface area contributed by atoms with Crippen molar-refractivity contribution >= 4 is 27.2 Å². The zero-order valence-electron chi connectivity index (χ0n) is 16.0. The van der Waals surface area contributed by atoms with E-state index in [-0.39, 0.29) is 6.61 Å². The average molecular weight is 402 g/mol. The second-order valence-corrected chi connectivity index (χ2v) is 7.79. The number of ether oxygens (including phenoxy) is 2. The minimum Gasteiger partial charge on any atom is -0.497 e. The molecule has 0 amide bonds. The van der Waals surface area contributed by atoms with Gasteiger partial charge in [0.25, 0.3) is 0 Å². The van der Waals surface area contributed by atoms with E-state index < -0.39 is 0 Å². The van der Waals surface area contributed by atoms with Crippen molar-refractivity contribution in [2.24, 2.45) is 0 Å². The Labute approximate surface area is 171 Å². The van der Waals surface area contributed by atoms with Gasteiger partial charge in [-0.1, -0.05) is 36.4 Å². The summed E-state index contributed by atoms with van der Waals surface area (Å²) in [5, 5.41) is 5.58. The van der Waals surface area contributed by atoms with E-state index >= 15 is 0 Å². The standard InChI is InChI=1S/C22H18N4O2S/c1-14-19(15-7-4-3-5-8-15)20-21-24-18(25-26(21)13-23-22(20)29-14)12-28-17-10-6-9-16(11-17)27-2/h3-11,13H,12H2,1-2H3. The molecule has 0 atom stereocenters. The summed E-state index contributed by atoms with van der Waals surface area (Å²) in [6.45, 7) is 2.38. The van der Waals surface area contributed by atoms with Crippen molar-refractivity contribution in [1.82, 2.24) is 19.6 Å². The molecule has 3 aromatic heterocycles. The normalized spacial score (nSPS) is 11.2. The molecule has 7 heteroatoms. The summed E-state index contributed by atoms with van der Waals surface area (Å²) in [7, 11) is 1.63. The summed E-state index contributed by atoms with van der Waals surface area (Å²) >= 11 is 1.67. The first-order valence-corrected chi connectivity index (χ1v) is 10.00. The Hall–Kier alpha value is -3.45. The van der Waals surface area contributed by atoms with Crippen LogP contribution in [0.2, 0.25) is 0 Å². The molecule has 5 aromatic rings. The SMILES string of the molecule is COc1cccc(OCc2nc3c4c(-c5ccccc5)c(C)sc4ncn3n2)c1. The molecule has 0 saturated heterocycles. The molecule has 29 heavy (non-hydrogen) atoms. The Kier molecular flexibility index (Phi) is 4.37. The van der Waals surface area contributed by atoms with Gasteiger partial charge < -0.3 is 9.47 Å². The van der Waals surface area contributed by atoms with Crippen LogP contribution in [0.1, 0.15) is 10.7 Å². The molecule has 0 saturated carbocycles. The topological polar surface area (TPSA) is 61.5 Å². The second kappa shape index (κ2) is 7.18. The minimum atomic E-state index is 0.264. The third-order valence-electron chi connectivity index (χ3n) is 4.72. The molecular formula is C22H18N4O2S. The Morgan fingerprint density at radius 3 is 2.69 bits per heavy atom. The van der Waals surface area contributed by atoms with Crippen LogP contribution in [-0.4, -0.2) is 26.7 Å². The van der Waals surface area contributed by atoms with Gasteiger partial charge in [-0.3, -0.25) is 0 Å². The molecule has 2 aromatic carbocycles. The van der Waals surface area contributed by atoms with Crippen LogP contribution in [0.3, 0.4) is 0 Å². The van der Waals surface area contributed by atoms with Gasteiger partial charge in [0, 0.05) is 16.5 Å². The Morgan fingerprint density at radius 2 is 1.86 bits per heavy atom. The Morgan fingerprint density at radius 1 is 1.03 bits per heavy atom. The molecule has 0 radical (unpaired) electrons. The lowest BCUT2D eigenvalue weighted by molar-refractivity contribution is 0.294. The van der Waals surface area contributed by atoms with E-state index in [9.17, 15) is 0 Å². The fourth-order valence-corrected chi connectivity index (χ4v) is 4.41. The molecular weight excluding hydrogens is 384 g/mol. The maximum Gasteiger partial charge on any atom is 0.189 e. The lowest BCUT2D eigenvalue weighted by Gasteiger charge is -2.05. The van der Waals surface area contributed by atoms with Crippen molar-refractivity contribution in [3.05, 3.63) is 71.6 Å². The number of hydrogen-bond acceptors (Lipinski definition) is 6. The van der Waals surface area contributed by atoms with Crippen LogP contribution in [0.25, 0.3) is 27.0 Å². The van der Waals surface area contributed by atoms with Gasteiger partial charge in [0.15, 0.2) is 11.5 Å². The van der Waals surface area contributed by atoms with Crippen LogP contribution in [0.4, 0.5) is 0 Å². The molecule has 0 bridgehead atoms. The number of benzene rings is 2. The van der Waals surface area contributed by atoms with Gasteiger partial charge in [-0.05, 0) is 24.6 Å². The minimum absolute atomic E-state index is 0.264. The van der Waals surface area contributed by atoms with E-state index in [4.69, 9.17) is 14.5 Å². The highest BCUT2D eigenvalue weighted by Crippen LogP contribution is 2.38. The number of methoxy groups -OCH3 is 1. The zero-order valence-corrected chi connectivity index (χ0v) is 16.8. The number of fused-ring (bicyclic) bond motifs is 3. The Bertz CT molecular complexity index is 1310. The van der Waals surface area contributed by atoms with Crippen LogP contribution < -0.4 is 9.47 Å². The van der Waals surface area contributed by atoms with Gasteiger partial charge in [0.05, 0.1) is 12.5 Å². The predicted octanol–water partition coefficient (Wildman–Crippen LogP) is 4.90. The molecule has 0 fully saturated rings. The smallest absolute Gasteiger partial charge is 0.189 e. The largest absolute Gasteiger partial charge is 0.497 e. The van der Waals surface area contributed by atoms with Gasteiger partial charge in [0.1, 0.15) is 29.3 Å². The highest BCUT2D eigenvalue weighted by molar-refractivity contribution is 7.19. The van der Waals surface area contributed by atoms with Crippen molar-refractivity contribution in [3.63, 3.8) is 0 Å². The molecule has 0 aliphatic heterocycles. The number of aromatic nitrogens is 4. The molecule has 0 unspecified atom stereocenters. The number of nitrogens with zero attached hydrogens (tertiary/aromatic N) is 4. The summed E-state index contributed by atoms with van der Waals surface area (Å²) < 4.78 is 12.8. The fourth-order valence-electron chi connectivity index (χ4n) is 3.41. The fraction of sp³-hybridized carbons (Fsp3) is 0.136. The van der Waals surface area contributed by atoms with Gasteiger partial charge >= 0.3 is 0 Å². The number of aryl methyl sites for hydroxylation is 1. The van der Waals surface area contributed by atoms with Gasteiger partial charge in [-0.15, -0.1) is 16.4 Å². The average Bonchev–Trinajstić information content (AvgIpc) is 3.32. The summed E-state index contributed by atoms with van der Waals surface area (Å²) in [5.74, 6) is 2.06.